The number of rotatable bonds is 19. The number of amides is 4. The molecule has 2 aliphatic heterocycles. The fourth-order valence-corrected chi connectivity index (χ4v) is 14.1. The molecule has 4 amide bonds. The topological polar surface area (TPSA) is 231 Å². The summed E-state index contributed by atoms with van der Waals surface area (Å²) >= 11 is 0. The van der Waals surface area contributed by atoms with Crippen molar-refractivity contribution in [3.05, 3.63) is 257 Å². The number of benzene rings is 9. The van der Waals surface area contributed by atoms with E-state index in [4.69, 9.17) is 18.9 Å². The lowest BCUT2D eigenvalue weighted by Crippen LogP contribution is -2.32. The van der Waals surface area contributed by atoms with Crippen molar-refractivity contribution in [1.29, 1.82) is 0 Å². The normalized spacial score (nSPS) is 16.7. The summed E-state index contributed by atoms with van der Waals surface area (Å²) in [7, 11) is 1.08. The number of aromatic nitrogens is 1. The van der Waals surface area contributed by atoms with Crippen LogP contribution in [0.15, 0.2) is 223 Å². The van der Waals surface area contributed by atoms with E-state index >= 15 is 0 Å². The molecule has 1 atom stereocenters. The van der Waals surface area contributed by atoms with Gasteiger partial charge in [0.2, 0.25) is 40.4 Å². The Bertz CT molecular complexity index is 5010. The van der Waals surface area contributed by atoms with Gasteiger partial charge in [0.25, 0.3) is 5.91 Å². The molecule has 1 aromatic heterocycles. The summed E-state index contributed by atoms with van der Waals surface area (Å²) in [6.45, 7) is 8.91. The number of anilines is 3. The van der Waals surface area contributed by atoms with Gasteiger partial charge in [-0.2, -0.15) is 0 Å². The Morgan fingerprint density at radius 3 is 1.70 bits per heavy atom. The van der Waals surface area contributed by atoms with Crippen LogP contribution in [0.5, 0.6) is 34.6 Å². The zero-order chi connectivity index (χ0) is 72.5. The number of hydrogen-bond acceptors (Lipinski definition) is 13. The van der Waals surface area contributed by atoms with E-state index in [-0.39, 0.29) is 52.2 Å². The van der Waals surface area contributed by atoms with Crippen molar-refractivity contribution in [2.75, 3.05) is 44.0 Å². The minimum Gasteiger partial charge on any atom is -0.497 e. The van der Waals surface area contributed by atoms with Gasteiger partial charge in [0.1, 0.15) is 5.75 Å². The predicted octanol–water partition coefficient (Wildman–Crippen LogP) is 15.6. The molecule has 0 spiro atoms. The minimum atomic E-state index is -3.69. The van der Waals surface area contributed by atoms with Crippen molar-refractivity contribution < 1.29 is 64.8 Å². The molecule has 10 aromatic rings. The number of hydrogen-bond donors (Lipinski definition) is 5. The van der Waals surface area contributed by atoms with Crippen LogP contribution in [0.4, 0.5) is 25.8 Å². The smallest absolute Gasteiger partial charge is 0.497 e. The quantitative estimate of drug-likeness (QED) is 0.0508. The van der Waals surface area contributed by atoms with Gasteiger partial charge in [-0.1, -0.05) is 117 Å². The van der Waals surface area contributed by atoms with Gasteiger partial charge in [-0.15, -0.1) is 8.78 Å². The number of aryl methyl sites for hydroxylation is 2. The molecule has 3 fully saturated rings. The van der Waals surface area contributed by atoms with Crippen LogP contribution in [0.25, 0.3) is 33.4 Å². The zero-order valence-corrected chi connectivity index (χ0v) is 58.6. The van der Waals surface area contributed by atoms with Gasteiger partial charge >= 0.3 is 6.29 Å². The molecule has 1 unspecified atom stereocenters. The van der Waals surface area contributed by atoms with Crippen LogP contribution in [0.2, 0.25) is 0 Å². The lowest BCUT2D eigenvalue weighted by atomic mass is 9.87. The fourth-order valence-electron chi connectivity index (χ4n) is 13.4. The molecule has 0 saturated heterocycles. The van der Waals surface area contributed by atoms with Gasteiger partial charge in [0, 0.05) is 40.9 Å². The molecule has 3 saturated carbocycles. The second kappa shape index (κ2) is 28.2. The largest absolute Gasteiger partial charge is 0.586 e. The van der Waals surface area contributed by atoms with Gasteiger partial charge in [-0.3, -0.25) is 19.2 Å². The predicted molar refractivity (Wildman–Crippen MR) is 389 cm³/mol. The molecule has 5 N–H and O–H groups in total. The highest BCUT2D eigenvalue weighted by molar-refractivity contribution is 7.89. The number of sulfonamides is 1. The molecule has 15 rings (SSSR count). The molecule has 21 heteroatoms. The number of nitrogens with zero attached hydrogens (tertiary/aromatic N) is 1. The monoisotopic (exact) mass is 1410 g/mol. The number of halogens is 2. The standard InChI is InChI=1S/C32H28N2O4.C26H28N2O4S.C24H20F2N2O4/c1-21-7-13-26(34-31(36)32(15-16-32)25-12-14-28-29(17-25)38-20-37-28)18-27(21)23-10-8-22(9-11-23)19-33-30(35)24-5-3-2-4-6-24;1-25(2)17-26(25,20-10-12-22(32-4)13-11-20)24(29)28-21-7-5-6-19(16-21)18-8-14-23(15-9-18)33(30,31)27-3;1-14-5-7-16(13-18(14)17-4-3-11-27-21(17)30-2)28-22(29)23(9-10-23)15-6-8-19-20(12-15)32-24(25,26)31-19/h2-14,17-18H,15-16,19-20H2,1H3,(H,33,35)(H,34,36);5-16,27H,17H2,1-4H3,(H,28,29);3-8,11-13H,9-10H2,1-2H3,(H,28,29). The van der Waals surface area contributed by atoms with Crippen LogP contribution in [0, 0.1) is 19.3 Å². The summed E-state index contributed by atoms with van der Waals surface area (Å²) in [5.74, 6) is 2.24. The molecular weight excluding hydrogens is 1330 g/mol. The number of carbonyl (C=O) groups excluding carboxylic acids is 4. The lowest BCUT2D eigenvalue weighted by molar-refractivity contribution is -0.286. The maximum absolute atomic E-state index is 13.5. The highest BCUT2D eigenvalue weighted by Crippen LogP contribution is 2.65. The van der Waals surface area contributed by atoms with Crippen molar-refractivity contribution >= 4 is 50.7 Å². The zero-order valence-electron chi connectivity index (χ0n) is 57.7. The summed E-state index contributed by atoms with van der Waals surface area (Å²) in [6, 6.07) is 64.9. The summed E-state index contributed by atoms with van der Waals surface area (Å²) < 4.78 is 83.5. The van der Waals surface area contributed by atoms with E-state index in [9.17, 15) is 36.4 Å². The van der Waals surface area contributed by atoms with Gasteiger partial charge < -0.3 is 49.7 Å². The Morgan fingerprint density at radius 1 is 0.524 bits per heavy atom. The van der Waals surface area contributed by atoms with Gasteiger partial charge in [0.05, 0.1) is 35.4 Å². The Hall–Kier alpha value is -11.4. The van der Waals surface area contributed by atoms with Crippen molar-refractivity contribution in [1.82, 2.24) is 15.0 Å². The number of ether oxygens (including phenoxy) is 6. The second-order valence-corrected chi connectivity index (χ2v) is 28.7. The fraction of sp³-hybridized carbons (Fsp3) is 0.232. The summed E-state index contributed by atoms with van der Waals surface area (Å²) in [5.41, 5.74) is 11.9. The third-order valence-corrected chi connectivity index (χ3v) is 21.3. The van der Waals surface area contributed by atoms with Crippen LogP contribution >= 0.6 is 0 Å². The van der Waals surface area contributed by atoms with Crippen LogP contribution in [0.3, 0.4) is 0 Å². The Kier molecular flexibility index (Phi) is 19.2. The number of methoxy groups -OCH3 is 2. The van der Waals surface area contributed by atoms with E-state index < -0.39 is 32.6 Å². The lowest BCUT2D eigenvalue weighted by Gasteiger charge is -2.21. The van der Waals surface area contributed by atoms with E-state index in [0.717, 1.165) is 97.6 Å². The van der Waals surface area contributed by atoms with E-state index in [1.54, 1.807) is 62.9 Å². The number of nitrogens with one attached hydrogen (secondary N) is 5. The average molecular weight is 1410 g/mol. The molecule has 5 aliphatic rings. The van der Waals surface area contributed by atoms with Crippen LogP contribution in [0.1, 0.15) is 89.7 Å². The van der Waals surface area contributed by atoms with Crippen LogP contribution in [-0.4, -0.2) is 71.4 Å². The Labute approximate surface area is 596 Å². The van der Waals surface area contributed by atoms with E-state index in [2.05, 4.69) is 61.2 Å². The summed E-state index contributed by atoms with van der Waals surface area (Å²) in [4.78, 5) is 56.9. The maximum Gasteiger partial charge on any atom is 0.586 e. The third-order valence-electron chi connectivity index (χ3n) is 19.8. The SMILES string of the molecule is CNS(=O)(=O)c1ccc(-c2cccc(NC(=O)C3(c4ccc(OC)cc4)CC3(C)C)c2)cc1.COc1ncccc1-c1cc(NC(=O)C2(c3ccc4c(c3)OC(F)(F)O4)CC2)ccc1C.Cc1ccc(NC(=O)C2(c3ccc4c(c3)OCO4)CC2)cc1-c1ccc(CNC(=O)c2ccccc2)cc1. The number of alkyl halides is 2. The van der Waals surface area contributed by atoms with Gasteiger partial charge in [0.15, 0.2) is 23.0 Å². The van der Waals surface area contributed by atoms with E-state index in [1.807, 2.05) is 165 Å². The van der Waals surface area contributed by atoms with Crippen LogP contribution < -0.4 is 54.4 Å². The first kappa shape index (κ1) is 70.0. The Morgan fingerprint density at radius 2 is 1.09 bits per heavy atom. The van der Waals surface area contributed by atoms with Crippen LogP contribution in [-0.2, 0) is 47.2 Å². The third kappa shape index (κ3) is 14.6. The van der Waals surface area contributed by atoms with Crippen molar-refractivity contribution in [3.8, 4) is 68.0 Å². The van der Waals surface area contributed by atoms with Gasteiger partial charge in [-0.25, -0.2) is 18.1 Å². The first-order valence-corrected chi connectivity index (χ1v) is 35.1. The Balaban J connectivity index is 0.000000138. The molecule has 0 bridgehead atoms. The second-order valence-electron chi connectivity index (χ2n) is 26.8. The highest BCUT2D eigenvalue weighted by atomic mass is 32.2. The molecule has 3 heterocycles. The average Bonchev–Trinajstić information content (AvgIpc) is 1.53. The highest BCUT2D eigenvalue weighted by Gasteiger charge is 2.67. The number of carbonyl (C=O) groups is 4. The number of pyridine rings is 1. The number of fused-ring (bicyclic) bond motifs is 2. The van der Waals surface area contributed by atoms with E-state index in [1.165, 1.54) is 19.2 Å². The van der Waals surface area contributed by atoms with Crippen molar-refractivity contribution in [3.63, 3.8) is 0 Å². The molecule has 9 aromatic carbocycles. The summed E-state index contributed by atoms with van der Waals surface area (Å²) in [6.07, 6.45) is 1.57. The minimum absolute atomic E-state index is 0.00401. The molecule has 3 aliphatic carbocycles. The first-order valence-electron chi connectivity index (χ1n) is 33.6. The molecule has 0 radical (unpaired) electrons. The molecule has 526 valence electrons. The molecule has 18 nitrogen and oxygen atoms in total. The first-order chi connectivity index (χ1) is 49.5. The molecular formula is C82H76F2N6O12S. The van der Waals surface area contributed by atoms with Crippen molar-refractivity contribution in [2.24, 2.45) is 5.41 Å². The van der Waals surface area contributed by atoms with E-state index in [0.29, 0.717) is 53.5 Å². The maximum atomic E-state index is 13.5. The molecule has 103 heavy (non-hydrogen) atoms. The summed E-state index contributed by atoms with van der Waals surface area (Å²) in [5, 5.41) is 12.2. The van der Waals surface area contributed by atoms with Gasteiger partial charge in [-0.05, 0) is 229 Å². The van der Waals surface area contributed by atoms with Crippen molar-refractivity contribution in [2.45, 2.75) is 93.8 Å².